The lowest BCUT2D eigenvalue weighted by molar-refractivity contribution is 0.102. The summed E-state index contributed by atoms with van der Waals surface area (Å²) in [5, 5.41) is 8.52. The summed E-state index contributed by atoms with van der Waals surface area (Å²) in [6.45, 7) is 5.23. The van der Waals surface area contributed by atoms with Crippen LogP contribution in [0.1, 0.15) is 20.8 Å². The lowest BCUT2D eigenvalue weighted by atomic mass is 10.2. The minimum Gasteiger partial charge on any atom is -0.391 e. The largest absolute Gasteiger partial charge is 0.391 e. The van der Waals surface area contributed by atoms with Crippen molar-refractivity contribution >= 4 is 0 Å². The molecule has 0 amide bonds. The van der Waals surface area contributed by atoms with Crippen LogP contribution in [0, 0.1) is 0 Å². The molecular weight excluding hydrogens is 65.0 g/mol. The fourth-order valence-electron chi connectivity index (χ4n) is 0. The third kappa shape index (κ3) is 9510. The lowest BCUT2D eigenvalue weighted by Gasteiger charge is -2.04. The highest BCUT2D eigenvalue weighted by atomic mass is 17.2. The average molecular weight is 75.1 g/mol. The second-order valence-electron chi connectivity index (χ2n) is 2.17. The normalized spacial score (nSPS) is 12.0. The van der Waals surface area contributed by atoms with Crippen molar-refractivity contribution in [3.63, 3.8) is 0 Å². The highest BCUT2D eigenvalue weighted by Crippen LogP contribution is 1.93. The fourth-order valence-corrected chi connectivity index (χ4v) is 0. The maximum atomic E-state index is 8.52. The van der Waals surface area contributed by atoms with Gasteiger partial charge in [-0.05, 0) is 20.8 Å². The van der Waals surface area contributed by atoms with E-state index in [0.717, 1.165) is 0 Å². The first-order valence-electron chi connectivity index (χ1n) is 1.72. The number of aliphatic hydroxyl groups is 1. The standard InChI is InChI=1S/C4H10O/c1-4(2,3)5/h5H,1-3H3/i5+1. The van der Waals surface area contributed by atoms with E-state index in [9.17, 15) is 0 Å². The van der Waals surface area contributed by atoms with Gasteiger partial charge in [0.2, 0.25) is 0 Å². The molecule has 0 heterocycles. The van der Waals surface area contributed by atoms with Gasteiger partial charge in [-0.1, -0.05) is 0 Å². The molecule has 0 radical (unpaired) electrons. The van der Waals surface area contributed by atoms with E-state index in [-0.39, 0.29) is 0 Å². The molecule has 1 N–H and O–H groups in total. The van der Waals surface area contributed by atoms with Gasteiger partial charge in [-0.2, -0.15) is 0 Å². The van der Waals surface area contributed by atoms with E-state index < -0.39 is 5.60 Å². The van der Waals surface area contributed by atoms with Crippen LogP contribution in [0.25, 0.3) is 0 Å². The molecule has 1 heteroatoms. The molecule has 0 saturated heterocycles. The molecule has 0 aromatic heterocycles. The van der Waals surface area contributed by atoms with Gasteiger partial charge < -0.3 is 5.11 Å². The van der Waals surface area contributed by atoms with Crippen LogP contribution in [-0.2, 0) is 0 Å². The molecule has 0 aliphatic rings. The molecule has 32 valence electrons. The number of rotatable bonds is 0. The van der Waals surface area contributed by atoms with Crippen LogP contribution in [0.2, 0.25) is 0 Å². The average Bonchev–Trinajstić information content (AvgIpc) is 0.722. The van der Waals surface area contributed by atoms with Gasteiger partial charge in [-0.3, -0.25) is 0 Å². The van der Waals surface area contributed by atoms with Gasteiger partial charge in [-0.25, -0.2) is 0 Å². The van der Waals surface area contributed by atoms with Crippen molar-refractivity contribution in [2.75, 3.05) is 0 Å². The van der Waals surface area contributed by atoms with Crippen LogP contribution in [0.15, 0.2) is 0 Å². The third-order valence-corrected chi connectivity index (χ3v) is 0. The minimum absolute atomic E-state index is 0.500. The predicted molar refractivity (Wildman–Crippen MR) is 22.0 cm³/mol. The SMILES string of the molecule is CC(C)(C)[17OH]. The Morgan fingerprint density at radius 3 is 1.20 bits per heavy atom. The van der Waals surface area contributed by atoms with E-state index in [2.05, 4.69) is 0 Å². The van der Waals surface area contributed by atoms with E-state index in [4.69, 9.17) is 5.11 Å². The molecule has 0 atom stereocenters. The van der Waals surface area contributed by atoms with E-state index in [0.29, 0.717) is 0 Å². The lowest BCUT2D eigenvalue weighted by Crippen LogP contribution is -2.10. The second-order valence-corrected chi connectivity index (χ2v) is 2.17. The molecular formula is C4H10O. The van der Waals surface area contributed by atoms with Gasteiger partial charge in [0.05, 0.1) is 5.60 Å². The Kier molecular flexibility index (Phi) is 0.969. The number of hydrogen-bond acceptors (Lipinski definition) is 1. The molecule has 0 unspecified atom stereocenters. The summed E-state index contributed by atoms with van der Waals surface area (Å²) < 4.78 is 0. The first-order valence-corrected chi connectivity index (χ1v) is 1.72. The fraction of sp³-hybridized carbons (Fsp3) is 1.00. The summed E-state index contributed by atoms with van der Waals surface area (Å²) >= 11 is 0. The Morgan fingerprint density at radius 2 is 1.20 bits per heavy atom. The first-order chi connectivity index (χ1) is 2.00. The summed E-state index contributed by atoms with van der Waals surface area (Å²) in [7, 11) is 0. The second kappa shape index (κ2) is 0.977. The van der Waals surface area contributed by atoms with E-state index in [1.165, 1.54) is 0 Å². The smallest absolute Gasteiger partial charge is 0.0563 e. The maximum Gasteiger partial charge on any atom is 0.0563 e. The molecule has 0 aromatic rings. The Morgan fingerprint density at radius 1 is 1.20 bits per heavy atom. The van der Waals surface area contributed by atoms with Gasteiger partial charge in [0.25, 0.3) is 0 Å². The molecule has 0 bridgehead atoms. The van der Waals surface area contributed by atoms with Crippen molar-refractivity contribution in [1.82, 2.24) is 0 Å². The van der Waals surface area contributed by atoms with Crippen LogP contribution in [0.3, 0.4) is 0 Å². The number of hydrogen-bond donors (Lipinski definition) is 1. The molecule has 1 nitrogen and oxygen atoms in total. The molecule has 0 spiro atoms. The van der Waals surface area contributed by atoms with Crippen molar-refractivity contribution in [3.8, 4) is 0 Å². The third-order valence-electron chi connectivity index (χ3n) is 0. The Balaban J connectivity index is 3.02. The molecule has 0 fully saturated rings. The zero-order valence-electron chi connectivity index (χ0n) is 3.95. The van der Waals surface area contributed by atoms with Gasteiger partial charge in [-0.15, -0.1) is 0 Å². The van der Waals surface area contributed by atoms with Crippen LogP contribution >= 0.6 is 0 Å². The van der Waals surface area contributed by atoms with E-state index in [1.54, 1.807) is 20.8 Å². The van der Waals surface area contributed by atoms with Gasteiger partial charge >= 0.3 is 0 Å². The summed E-state index contributed by atoms with van der Waals surface area (Å²) in [5.41, 5.74) is -0.500. The summed E-state index contributed by atoms with van der Waals surface area (Å²) in [4.78, 5) is 0. The first kappa shape index (κ1) is 4.96. The van der Waals surface area contributed by atoms with Crippen LogP contribution in [-0.4, -0.2) is 10.7 Å². The Bertz CT molecular complexity index is 19.1. The maximum absolute atomic E-state index is 8.52. The highest BCUT2D eigenvalue weighted by Gasteiger charge is 1.97. The van der Waals surface area contributed by atoms with Gasteiger partial charge in [0.1, 0.15) is 0 Å². The van der Waals surface area contributed by atoms with Gasteiger partial charge in [0, 0.05) is 0 Å². The Labute approximate surface area is 32.6 Å². The van der Waals surface area contributed by atoms with Crippen molar-refractivity contribution in [2.24, 2.45) is 0 Å². The van der Waals surface area contributed by atoms with Crippen molar-refractivity contribution in [3.05, 3.63) is 0 Å². The van der Waals surface area contributed by atoms with E-state index >= 15 is 0 Å². The monoisotopic (exact) mass is 75.1 g/mol. The highest BCUT2D eigenvalue weighted by molar-refractivity contribution is 4.50. The molecule has 0 aromatic carbocycles. The van der Waals surface area contributed by atoms with Crippen molar-refractivity contribution < 1.29 is 5.11 Å². The van der Waals surface area contributed by atoms with Crippen molar-refractivity contribution in [2.45, 2.75) is 26.4 Å². The minimum atomic E-state index is -0.500. The zero-order valence-corrected chi connectivity index (χ0v) is 3.95. The zero-order chi connectivity index (χ0) is 4.50. The molecule has 0 aliphatic carbocycles. The topological polar surface area (TPSA) is 20.2 Å². The van der Waals surface area contributed by atoms with Crippen LogP contribution in [0.5, 0.6) is 0 Å². The summed E-state index contributed by atoms with van der Waals surface area (Å²) in [6.07, 6.45) is 0. The quantitative estimate of drug-likeness (QED) is 0.451. The van der Waals surface area contributed by atoms with Crippen LogP contribution in [0.4, 0.5) is 0 Å². The summed E-state index contributed by atoms with van der Waals surface area (Å²) in [6, 6.07) is 0. The van der Waals surface area contributed by atoms with Gasteiger partial charge in [0.15, 0.2) is 0 Å². The molecule has 0 rings (SSSR count). The predicted octanol–water partition coefficient (Wildman–Crippen LogP) is 0.777. The molecule has 0 saturated carbocycles. The van der Waals surface area contributed by atoms with E-state index in [1.807, 2.05) is 0 Å². The summed E-state index contributed by atoms with van der Waals surface area (Å²) in [5.74, 6) is 0. The molecule has 0 aliphatic heterocycles. The Hall–Kier alpha value is -0.0400. The molecule has 5 heavy (non-hydrogen) atoms. The van der Waals surface area contributed by atoms with Crippen molar-refractivity contribution in [1.29, 1.82) is 0 Å². The van der Waals surface area contributed by atoms with Crippen LogP contribution < -0.4 is 0 Å².